The highest BCUT2D eigenvalue weighted by Gasteiger charge is 2.83. The van der Waals surface area contributed by atoms with Crippen molar-refractivity contribution in [3.05, 3.63) is 36.0 Å². The number of rotatable bonds is 0. The third-order valence-corrected chi connectivity index (χ3v) is 9.12. The van der Waals surface area contributed by atoms with Gasteiger partial charge < -0.3 is 28.8 Å². The summed E-state index contributed by atoms with van der Waals surface area (Å²) in [4.78, 5) is 37.6. The monoisotopic (exact) mass is 502 g/mol. The lowest BCUT2D eigenvalue weighted by Gasteiger charge is -2.58. The largest absolute Gasteiger partial charge is 0.463 e. The molecule has 3 heterocycles. The van der Waals surface area contributed by atoms with Crippen LogP contribution in [0.1, 0.15) is 46.5 Å². The fraction of sp³-hybridized carbons (Fsp3) is 0.667. The topological polar surface area (TPSA) is 121 Å². The van der Waals surface area contributed by atoms with Crippen LogP contribution in [0.3, 0.4) is 0 Å². The summed E-state index contributed by atoms with van der Waals surface area (Å²) >= 11 is 0. The Morgan fingerprint density at radius 1 is 1.03 bits per heavy atom. The molecule has 0 amide bonds. The highest BCUT2D eigenvalue weighted by Crippen LogP contribution is 2.72. The summed E-state index contributed by atoms with van der Waals surface area (Å²) in [5, 5.41) is 10.6. The number of aliphatic hydroxyl groups excluding tert-OH is 1. The van der Waals surface area contributed by atoms with Crippen LogP contribution < -0.4 is 0 Å². The van der Waals surface area contributed by atoms with Gasteiger partial charge in [0.25, 0.3) is 0 Å². The van der Waals surface area contributed by atoms with E-state index in [9.17, 15) is 19.5 Å². The Morgan fingerprint density at radius 2 is 1.75 bits per heavy atom. The number of carbonyl (C=O) groups excluding carboxylic acids is 3. The summed E-state index contributed by atoms with van der Waals surface area (Å²) in [7, 11) is 0. The van der Waals surface area contributed by atoms with E-state index in [-0.39, 0.29) is 31.8 Å². The first-order valence-corrected chi connectivity index (χ1v) is 12.7. The predicted octanol–water partition coefficient (Wildman–Crippen LogP) is 2.17. The zero-order valence-electron chi connectivity index (χ0n) is 20.9. The molecule has 5 aliphatic rings. The van der Waals surface area contributed by atoms with Crippen molar-refractivity contribution in [2.45, 2.75) is 76.5 Å². The second kappa shape index (κ2) is 9.11. The molecule has 8 atom stereocenters. The van der Waals surface area contributed by atoms with Crippen LogP contribution in [0.25, 0.3) is 0 Å². The minimum absolute atomic E-state index is 0.00000344. The number of ether oxygens (including phenoxy) is 5. The molecule has 0 radical (unpaired) electrons. The summed E-state index contributed by atoms with van der Waals surface area (Å²) in [6, 6.07) is 0. The number of epoxide rings is 1. The number of esters is 3. The van der Waals surface area contributed by atoms with E-state index in [2.05, 4.69) is 19.9 Å². The lowest BCUT2D eigenvalue weighted by molar-refractivity contribution is -0.234. The minimum atomic E-state index is -1.37. The van der Waals surface area contributed by atoms with Crippen LogP contribution in [0.15, 0.2) is 36.0 Å². The molecule has 0 aromatic rings. The van der Waals surface area contributed by atoms with Gasteiger partial charge in [-0.05, 0) is 32.1 Å². The number of aliphatic hydroxyl groups is 1. The van der Waals surface area contributed by atoms with E-state index in [0.717, 1.165) is 6.42 Å². The summed E-state index contributed by atoms with van der Waals surface area (Å²) in [5.74, 6) is -2.34. The standard InChI is InChI=1S/C27H34O9/c1-16-8-10-26-14-33-24(31)23(30)17(2)9-11-32-21(28)6-4-5-7-22(29)36-18-13-20(35-19(26)12-16)27(15-34-27)25(18,26)3/h4-7,12,17-20,23,30H,8-11,13-15H2,1-3H3/b6-4-,7-5?/t17-,18-,19-,20+,23+,25+,26-,27+/m1/s1. The third-order valence-electron chi connectivity index (χ3n) is 9.12. The normalized spacial score (nSPS) is 45.9. The smallest absolute Gasteiger partial charge is 0.335 e. The van der Waals surface area contributed by atoms with E-state index in [0.29, 0.717) is 19.4 Å². The van der Waals surface area contributed by atoms with Gasteiger partial charge in [0.1, 0.15) is 18.3 Å². The van der Waals surface area contributed by atoms with Crippen LogP contribution in [-0.2, 0) is 38.1 Å². The van der Waals surface area contributed by atoms with Crippen LogP contribution in [0.5, 0.6) is 0 Å². The second-order valence-electron chi connectivity index (χ2n) is 11.0. The Balaban J connectivity index is 1.52. The number of carbonyl (C=O) groups is 3. The minimum Gasteiger partial charge on any atom is -0.463 e. The molecular formula is C27H34O9. The molecule has 9 nitrogen and oxygen atoms in total. The van der Waals surface area contributed by atoms with E-state index in [1.165, 1.54) is 29.9 Å². The van der Waals surface area contributed by atoms with Crippen LogP contribution in [0, 0.1) is 16.7 Å². The first-order chi connectivity index (χ1) is 17.1. The van der Waals surface area contributed by atoms with Crippen molar-refractivity contribution in [3.63, 3.8) is 0 Å². The average Bonchev–Trinajstić information content (AvgIpc) is 3.62. The Morgan fingerprint density at radius 3 is 2.47 bits per heavy atom. The van der Waals surface area contributed by atoms with E-state index in [1.807, 2.05) is 0 Å². The molecule has 196 valence electrons. The zero-order valence-corrected chi connectivity index (χ0v) is 20.9. The Hall–Kier alpha value is -2.49. The van der Waals surface area contributed by atoms with Crippen LogP contribution in [-0.4, -0.2) is 72.9 Å². The van der Waals surface area contributed by atoms with Gasteiger partial charge in [-0.2, -0.15) is 0 Å². The van der Waals surface area contributed by atoms with E-state index in [4.69, 9.17) is 23.7 Å². The van der Waals surface area contributed by atoms with Crippen molar-refractivity contribution >= 4 is 17.9 Å². The van der Waals surface area contributed by atoms with Gasteiger partial charge in [-0.15, -0.1) is 0 Å². The van der Waals surface area contributed by atoms with Crippen molar-refractivity contribution in [2.75, 3.05) is 19.8 Å². The molecule has 0 unspecified atom stereocenters. The maximum Gasteiger partial charge on any atom is 0.335 e. The molecule has 36 heavy (non-hydrogen) atoms. The summed E-state index contributed by atoms with van der Waals surface area (Å²) in [5.41, 5.74) is -0.820. The molecule has 0 aromatic carbocycles. The molecule has 2 spiro atoms. The van der Waals surface area contributed by atoms with Crippen molar-refractivity contribution in [1.29, 1.82) is 0 Å². The SMILES string of the molecule is CC1=C[C@H]2O[C@H]3C[C@H]4OC(=O)C=C/C=C\C(=O)OCC[C@@H](C)[C@H](O)C(=O)OC[C@@]2(CC1)[C@@]4(C)[C@]31CO1. The molecule has 0 aromatic heterocycles. The maximum atomic E-state index is 12.9. The average molecular weight is 503 g/mol. The number of cyclic esters (lactones) is 2. The highest BCUT2D eigenvalue weighted by atomic mass is 16.6. The van der Waals surface area contributed by atoms with Crippen LogP contribution in [0.4, 0.5) is 0 Å². The summed E-state index contributed by atoms with van der Waals surface area (Å²) in [6.45, 7) is 6.34. The first kappa shape index (κ1) is 25.2. The van der Waals surface area contributed by atoms with Crippen molar-refractivity contribution in [1.82, 2.24) is 0 Å². The van der Waals surface area contributed by atoms with Crippen LogP contribution >= 0.6 is 0 Å². The number of hydrogen-bond donors (Lipinski definition) is 1. The Labute approximate surface area is 210 Å². The predicted molar refractivity (Wildman–Crippen MR) is 125 cm³/mol. The fourth-order valence-electron chi connectivity index (χ4n) is 6.65. The van der Waals surface area contributed by atoms with Crippen molar-refractivity contribution in [3.8, 4) is 0 Å². The van der Waals surface area contributed by atoms with Gasteiger partial charge >= 0.3 is 17.9 Å². The molecular weight excluding hydrogens is 468 g/mol. The molecule has 3 fully saturated rings. The molecule has 3 aliphatic heterocycles. The van der Waals surface area contributed by atoms with Gasteiger partial charge in [0.2, 0.25) is 0 Å². The molecule has 2 saturated heterocycles. The quantitative estimate of drug-likeness (QED) is 0.230. The zero-order chi connectivity index (χ0) is 25.7. The Bertz CT molecular complexity index is 1020. The molecule has 1 saturated carbocycles. The lowest BCUT2D eigenvalue weighted by Crippen LogP contribution is -2.66. The number of allylic oxidation sites excluding steroid dienone is 3. The van der Waals surface area contributed by atoms with Crippen molar-refractivity contribution < 1.29 is 43.2 Å². The van der Waals surface area contributed by atoms with Gasteiger partial charge in [-0.3, -0.25) is 0 Å². The second-order valence-corrected chi connectivity index (χ2v) is 11.0. The summed E-state index contributed by atoms with van der Waals surface area (Å²) in [6.07, 6.45) is 7.11. The van der Waals surface area contributed by atoms with E-state index >= 15 is 0 Å². The maximum absolute atomic E-state index is 12.9. The molecule has 2 bridgehead atoms. The van der Waals surface area contributed by atoms with Crippen LogP contribution in [0.2, 0.25) is 0 Å². The highest BCUT2D eigenvalue weighted by molar-refractivity contribution is 5.84. The first-order valence-electron chi connectivity index (χ1n) is 12.7. The van der Waals surface area contributed by atoms with Gasteiger partial charge in [-0.1, -0.05) is 37.6 Å². The van der Waals surface area contributed by atoms with Gasteiger partial charge in [0.15, 0.2) is 6.10 Å². The third kappa shape index (κ3) is 3.83. The lowest BCUT2D eigenvalue weighted by atomic mass is 9.51. The summed E-state index contributed by atoms with van der Waals surface area (Å²) < 4.78 is 29.6. The molecule has 1 N–H and O–H groups in total. The molecule has 9 heteroatoms. The van der Waals surface area contributed by atoms with E-state index in [1.54, 1.807) is 6.92 Å². The Kier molecular flexibility index (Phi) is 6.37. The molecule has 2 aliphatic carbocycles. The molecule has 5 rings (SSSR count). The van der Waals surface area contributed by atoms with Gasteiger partial charge in [0, 0.05) is 24.0 Å². The van der Waals surface area contributed by atoms with Gasteiger partial charge in [0.05, 0.1) is 30.8 Å². The fourth-order valence-corrected chi connectivity index (χ4v) is 6.65. The van der Waals surface area contributed by atoms with E-state index < -0.39 is 52.5 Å². The number of hydrogen-bond acceptors (Lipinski definition) is 9. The van der Waals surface area contributed by atoms with Crippen molar-refractivity contribution in [2.24, 2.45) is 16.7 Å². The van der Waals surface area contributed by atoms with Gasteiger partial charge in [-0.25, -0.2) is 14.4 Å².